The van der Waals surface area contributed by atoms with Crippen molar-refractivity contribution < 1.29 is 19.4 Å². The number of ether oxygens (including phenoxy) is 1. The lowest BCUT2D eigenvalue weighted by molar-refractivity contribution is -0.141. The Labute approximate surface area is 107 Å². The summed E-state index contributed by atoms with van der Waals surface area (Å²) < 4.78 is 5.14. The summed E-state index contributed by atoms with van der Waals surface area (Å²) in [6.07, 6.45) is 7.31. The van der Waals surface area contributed by atoms with E-state index in [0.717, 1.165) is 51.4 Å². The van der Waals surface area contributed by atoms with Gasteiger partial charge in [0.05, 0.1) is 0 Å². The van der Waals surface area contributed by atoms with Crippen LogP contribution in [0.25, 0.3) is 0 Å². The fourth-order valence-electron chi connectivity index (χ4n) is 2.65. The van der Waals surface area contributed by atoms with Crippen molar-refractivity contribution in [2.24, 2.45) is 5.92 Å². The van der Waals surface area contributed by atoms with Crippen molar-refractivity contribution in [3.63, 3.8) is 0 Å². The van der Waals surface area contributed by atoms with Gasteiger partial charge in [-0.25, -0.2) is 9.59 Å². The van der Waals surface area contributed by atoms with Gasteiger partial charge in [-0.05, 0) is 38.0 Å². The summed E-state index contributed by atoms with van der Waals surface area (Å²) in [7, 11) is 0. The number of rotatable bonds is 4. The number of amides is 1. The lowest BCUT2D eigenvalue weighted by atomic mass is 9.84. The highest BCUT2D eigenvalue weighted by Gasteiger charge is 2.32. The van der Waals surface area contributed by atoms with Crippen LogP contribution in [0.3, 0.4) is 0 Å². The molecule has 5 heteroatoms. The molecular formula is C13H21NO4. The molecule has 18 heavy (non-hydrogen) atoms. The van der Waals surface area contributed by atoms with Crippen LogP contribution >= 0.6 is 0 Å². The zero-order valence-corrected chi connectivity index (χ0v) is 10.6. The van der Waals surface area contributed by atoms with Crippen LogP contribution in [0.15, 0.2) is 0 Å². The Balaban J connectivity index is 1.84. The van der Waals surface area contributed by atoms with Crippen molar-refractivity contribution in [2.45, 2.75) is 63.5 Å². The number of alkyl carbamates (subject to hydrolysis) is 1. The summed E-state index contributed by atoms with van der Waals surface area (Å²) in [5.41, 5.74) is 0. The van der Waals surface area contributed by atoms with Crippen LogP contribution in [0.5, 0.6) is 0 Å². The van der Waals surface area contributed by atoms with Crippen LogP contribution in [-0.4, -0.2) is 29.3 Å². The van der Waals surface area contributed by atoms with Gasteiger partial charge in [-0.3, -0.25) is 0 Å². The molecule has 2 aliphatic carbocycles. The molecule has 1 atom stereocenters. The second-order valence-electron chi connectivity index (χ2n) is 5.32. The fourth-order valence-corrected chi connectivity index (χ4v) is 2.65. The molecule has 0 aromatic carbocycles. The van der Waals surface area contributed by atoms with Crippen molar-refractivity contribution >= 4 is 12.1 Å². The number of carbonyl (C=O) groups excluding carboxylic acids is 1. The topological polar surface area (TPSA) is 75.6 Å². The number of hydrogen-bond donors (Lipinski definition) is 2. The van der Waals surface area contributed by atoms with Crippen LogP contribution in [0.4, 0.5) is 4.79 Å². The van der Waals surface area contributed by atoms with E-state index < -0.39 is 18.1 Å². The quantitative estimate of drug-likeness (QED) is 0.808. The minimum Gasteiger partial charge on any atom is -0.480 e. The molecule has 0 aromatic heterocycles. The predicted molar refractivity (Wildman–Crippen MR) is 65.3 cm³/mol. The lowest BCUT2D eigenvalue weighted by Gasteiger charge is -2.30. The Morgan fingerprint density at radius 1 is 1.06 bits per heavy atom. The molecule has 2 fully saturated rings. The standard InChI is InChI=1S/C13H21NO4/c15-12(16)11(9-5-2-1-3-6-9)14-13(17)18-10-7-4-8-10/h9-11H,1-8H2,(H,14,17)(H,15,16)/t11-/m0/s1. The molecule has 0 saturated heterocycles. The van der Waals surface area contributed by atoms with E-state index in [1.54, 1.807) is 0 Å². The molecule has 2 aliphatic rings. The summed E-state index contributed by atoms with van der Waals surface area (Å²) in [5.74, 6) is -0.905. The Kier molecular flexibility index (Phi) is 4.44. The van der Waals surface area contributed by atoms with Gasteiger partial charge >= 0.3 is 12.1 Å². The smallest absolute Gasteiger partial charge is 0.408 e. The highest BCUT2D eigenvalue weighted by atomic mass is 16.6. The van der Waals surface area contributed by atoms with E-state index in [0.29, 0.717) is 0 Å². The minimum atomic E-state index is -0.951. The second-order valence-corrected chi connectivity index (χ2v) is 5.32. The second kappa shape index (κ2) is 6.07. The number of aliphatic carboxylic acids is 1. The maximum atomic E-state index is 11.6. The molecule has 0 spiro atoms. The molecule has 2 rings (SSSR count). The molecule has 0 radical (unpaired) electrons. The summed E-state index contributed by atoms with van der Waals surface area (Å²) in [6.45, 7) is 0. The largest absolute Gasteiger partial charge is 0.480 e. The summed E-state index contributed by atoms with van der Waals surface area (Å²) in [4.78, 5) is 22.8. The highest BCUT2D eigenvalue weighted by molar-refractivity contribution is 5.80. The molecule has 0 heterocycles. The maximum absolute atomic E-state index is 11.6. The first-order valence-electron chi connectivity index (χ1n) is 6.87. The number of nitrogens with one attached hydrogen (secondary N) is 1. The molecule has 0 aliphatic heterocycles. The summed E-state index contributed by atoms with van der Waals surface area (Å²) in [6, 6.07) is -0.794. The molecule has 0 unspecified atom stereocenters. The van der Waals surface area contributed by atoms with Gasteiger partial charge in [-0.2, -0.15) is 0 Å². The van der Waals surface area contributed by atoms with Gasteiger partial charge in [-0.1, -0.05) is 19.3 Å². The van der Waals surface area contributed by atoms with Gasteiger partial charge in [-0.15, -0.1) is 0 Å². The highest BCUT2D eigenvalue weighted by Crippen LogP contribution is 2.27. The fraction of sp³-hybridized carbons (Fsp3) is 0.846. The molecule has 2 N–H and O–H groups in total. The SMILES string of the molecule is O=C(N[C@H](C(=O)O)C1CCCCC1)OC1CCC1. The van der Waals surface area contributed by atoms with Gasteiger partial charge in [0.1, 0.15) is 12.1 Å². The number of carboxylic acids is 1. The average molecular weight is 255 g/mol. The third-order valence-electron chi connectivity index (χ3n) is 3.99. The van der Waals surface area contributed by atoms with E-state index in [4.69, 9.17) is 4.74 Å². The number of carboxylic acid groups (broad SMARTS) is 1. The van der Waals surface area contributed by atoms with E-state index in [9.17, 15) is 14.7 Å². The zero-order chi connectivity index (χ0) is 13.0. The van der Waals surface area contributed by atoms with Crippen LogP contribution in [0.2, 0.25) is 0 Å². The molecule has 5 nitrogen and oxygen atoms in total. The normalized spacial score (nSPS) is 22.9. The van der Waals surface area contributed by atoms with Gasteiger partial charge in [0.25, 0.3) is 0 Å². The summed E-state index contributed by atoms with van der Waals surface area (Å²) >= 11 is 0. The van der Waals surface area contributed by atoms with Crippen molar-refractivity contribution in [2.75, 3.05) is 0 Å². The van der Waals surface area contributed by atoms with Gasteiger partial charge in [0.15, 0.2) is 0 Å². The third-order valence-corrected chi connectivity index (χ3v) is 3.99. The first kappa shape index (κ1) is 13.2. The van der Waals surface area contributed by atoms with Gasteiger partial charge in [0, 0.05) is 0 Å². The van der Waals surface area contributed by atoms with Crippen LogP contribution in [0.1, 0.15) is 51.4 Å². The van der Waals surface area contributed by atoms with Crippen molar-refractivity contribution in [3.8, 4) is 0 Å². The zero-order valence-electron chi connectivity index (χ0n) is 10.6. The van der Waals surface area contributed by atoms with E-state index in [2.05, 4.69) is 5.32 Å². The average Bonchev–Trinajstić information content (AvgIpc) is 2.31. The third kappa shape index (κ3) is 3.37. The van der Waals surface area contributed by atoms with E-state index >= 15 is 0 Å². The van der Waals surface area contributed by atoms with Crippen molar-refractivity contribution in [1.82, 2.24) is 5.32 Å². The molecule has 102 valence electrons. The predicted octanol–water partition coefficient (Wildman–Crippen LogP) is 2.30. The Bertz CT molecular complexity index is 308. The molecule has 1 amide bonds. The van der Waals surface area contributed by atoms with E-state index in [-0.39, 0.29) is 12.0 Å². The van der Waals surface area contributed by atoms with Crippen molar-refractivity contribution in [1.29, 1.82) is 0 Å². The van der Waals surface area contributed by atoms with Gasteiger partial charge < -0.3 is 15.2 Å². The lowest BCUT2D eigenvalue weighted by Crippen LogP contribution is -2.47. The number of carbonyl (C=O) groups is 2. The first-order chi connectivity index (χ1) is 8.66. The molecule has 0 aromatic rings. The Morgan fingerprint density at radius 3 is 2.22 bits per heavy atom. The minimum absolute atomic E-state index is 0.00852. The molecule has 0 bridgehead atoms. The van der Waals surface area contributed by atoms with Gasteiger partial charge in [0.2, 0.25) is 0 Å². The summed E-state index contributed by atoms with van der Waals surface area (Å²) in [5, 5.41) is 11.7. The maximum Gasteiger partial charge on any atom is 0.408 e. The molecule has 2 saturated carbocycles. The van der Waals surface area contributed by atoms with Crippen molar-refractivity contribution in [3.05, 3.63) is 0 Å². The van der Waals surface area contributed by atoms with Crippen LogP contribution < -0.4 is 5.32 Å². The number of hydrogen-bond acceptors (Lipinski definition) is 3. The Morgan fingerprint density at radius 2 is 1.72 bits per heavy atom. The Hall–Kier alpha value is -1.26. The van der Waals surface area contributed by atoms with E-state index in [1.807, 2.05) is 0 Å². The first-order valence-corrected chi connectivity index (χ1v) is 6.87. The van der Waals surface area contributed by atoms with Crippen LogP contribution in [0, 0.1) is 5.92 Å². The molecular weight excluding hydrogens is 234 g/mol. The monoisotopic (exact) mass is 255 g/mol. The van der Waals surface area contributed by atoms with Crippen LogP contribution in [-0.2, 0) is 9.53 Å². The van der Waals surface area contributed by atoms with E-state index in [1.165, 1.54) is 0 Å².